The van der Waals surface area contributed by atoms with Crippen LogP contribution in [0.4, 0.5) is 10.2 Å². The second-order valence-corrected chi connectivity index (χ2v) is 8.84. The number of nitrogens with one attached hydrogen (secondary N) is 1. The lowest BCUT2D eigenvalue weighted by Gasteiger charge is -2.24. The van der Waals surface area contributed by atoms with E-state index >= 15 is 0 Å². The molecule has 0 aliphatic carbocycles. The fraction of sp³-hybridized carbons (Fsp3) is 0.556. The van der Waals surface area contributed by atoms with Crippen LogP contribution in [0.2, 0.25) is 0 Å². The molecular weight excluding hydrogens is 413 g/mol. The Morgan fingerprint density at radius 1 is 1.09 bits per heavy atom. The maximum absolute atomic E-state index is 14.5. The van der Waals surface area contributed by atoms with Crippen LogP contribution in [0.3, 0.4) is 0 Å². The minimum atomic E-state index is -0.241. The van der Waals surface area contributed by atoms with Gasteiger partial charge in [-0.05, 0) is 55.5 Å². The van der Waals surface area contributed by atoms with E-state index in [1.54, 1.807) is 10.7 Å². The molecule has 5 nitrogen and oxygen atoms in total. The Bertz CT molecular complexity index is 999. The van der Waals surface area contributed by atoms with Crippen molar-refractivity contribution in [1.82, 2.24) is 19.5 Å². The lowest BCUT2D eigenvalue weighted by molar-refractivity contribution is 0.243. The molecule has 1 aliphatic heterocycles. The number of fused-ring (bicyclic) bond motifs is 1. The lowest BCUT2D eigenvalue weighted by atomic mass is 10.0. The van der Waals surface area contributed by atoms with E-state index < -0.39 is 0 Å². The highest BCUT2D eigenvalue weighted by Crippen LogP contribution is 2.28. The van der Waals surface area contributed by atoms with Crippen LogP contribution < -0.4 is 5.32 Å². The maximum atomic E-state index is 14.5. The van der Waals surface area contributed by atoms with E-state index in [1.807, 2.05) is 38.2 Å². The average molecular weight is 454 g/mol. The summed E-state index contributed by atoms with van der Waals surface area (Å²) in [7, 11) is 0. The quantitative estimate of drug-likeness (QED) is 0.467. The molecule has 0 saturated carbocycles. The first kappa shape index (κ1) is 25.2. The van der Waals surface area contributed by atoms with Crippen molar-refractivity contribution in [3.8, 4) is 11.1 Å². The van der Waals surface area contributed by atoms with Crippen LogP contribution in [0.1, 0.15) is 65.4 Å². The minimum absolute atomic E-state index is 0.241. The Labute approximate surface area is 198 Å². The molecule has 2 aromatic heterocycles. The van der Waals surface area contributed by atoms with Gasteiger partial charge in [0, 0.05) is 37.0 Å². The Hall–Kier alpha value is -2.47. The van der Waals surface area contributed by atoms with Crippen LogP contribution in [0.25, 0.3) is 16.8 Å². The van der Waals surface area contributed by atoms with Gasteiger partial charge in [-0.1, -0.05) is 53.0 Å². The van der Waals surface area contributed by atoms with Gasteiger partial charge in [0.05, 0.1) is 6.20 Å². The van der Waals surface area contributed by atoms with Crippen molar-refractivity contribution in [2.45, 2.75) is 66.2 Å². The van der Waals surface area contributed by atoms with E-state index in [4.69, 9.17) is 4.98 Å². The molecule has 1 aliphatic rings. The molecular formula is C27H40FN5. The standard InChI is InChI=1S/C25H34FN5.C2H6/c1-3-20-9-10-23(26)21(16-20)22-17-28-31-14-11-24(29-25(22)31)27-12-15-30-13-7-5-4-6-8-19(2)18-30;1-2/h9-11,14,16-17,19H,3-8,12-13,15,18H2,1-2H3,(H,27,29);1-2H3. The van der Waals surface area contributed by atoms with E-state index in [1.165, 1.54) is 51.3 Å². The summed E-state index contributed by atoms with van der Waals surface area (Å²) in [6.07, 6.45) is 11.2. The third kappa shape index (κ3) is 6.76. The molecule has 1 unspecified atom stereocenters. The number of aryl methyl sites for hydroxylation is 1. The van der Waals surface area contributed by atoms with Crippen molar-refractivity contribution in [3.05, 3.63) is 48.0 Å². The van der Waals surface area contributed by atoms with Gasteiger partial charge in [0.15, 0.2) is 5.65 Å². The number of benzene rings is 1. The monoisotopic (exact) mass is 453 g/mol. The molecule has 0 radical (unpaired) electrons. The summed E-state index contributed by atoms with van der Waals surface area (Å²) in [5.74, 6) is 1.32. The zero-order chi connectivity index (χ0) is 23.6. The second kappa shape index (κ2) is 12.7. The summed E-state index contributed by atoms with van der Waals surface area (Å²) >= 11 is 0. The van der Waals surface area contributed by atoms with Crippen LogP contribution in [-0.2, 0) is 6.42 Å². The molecule has 0 bridgehead atoms. The van der Waals surface area contributed by atoms with Crippen LogP contribution in [0.15, 0.2) is 36.7 Å². The highest BCUT2D eigenvalue weighted by atomic mass is 19.1. The predicted molar refractivity (Wildman–Crippen MR) is 136 cm³/mol. The Morgan fingerprint density at radius 3 is 2.73 bits per heavy atom. The van der Waals surface area contributed by atoms with E-state index in [-0.39, 0.29) is 5.82 Å². The number of hydrogen-bond acceptors (Lipinski definition) is 4. The molecule has 0 amide bonds. The number of hydrogen-bond donors (Lipinski definition) is 1. The van der Waals surface area contributed by atoms with Gasteiger partial charge in [0.2, 0.25) is 0 Å². The summed E-state index contributed by atoms with van der Waals surface area (Å²) < 4.78 is 16.3. The maximum Gasteiger partial charge on any atom is 0.165 e. The lowest BCUT2D eigenvalue weighted by Crippen LogP contribution is -2.33. The first-order chi connectivity index (χ1) is 16.1. The second-order valence-electron chi connectivity index (χ2n) is 8.84. The van der Waals surface area contributed by atoms with Crippen molar-refractivity contribution >= 4 is 11.5 Å². The molecule has 33 heavy (non-hydrogen) atoms. The third-order valence-corrected chi connectivity index (χ3v) is 6.32. The van der Waals surface area contributed by atoms with Crippen LogP contribution in [-0.4, -0.2) is 45.7 Å². The predicted octanol–water partition coefficient (Wildman–Crippen LogP) is 6.44. The SMILES string of the molecule is CC.CCc1ccc(F)c(-c2cnn3ccc(NCCN4CCCCCCC(C)C4)nc23)c1. The number of anilines is 1. The molecule has 1 atom stereocenters. The zero-order valence-corrected chi connectivity index (χ0v) is 20.8. The Balaban J connectivity index is 0.00000149. The molecule has 3 heterocycles. The van der Waals surface area contributed by atoms with Gasteiger partial charge in [-0.3, -0.25) is 0 Å². The molecule has 1 aromatic carbocycles. The van der Waals surface area contributed by atoms with Gasteiger partial charge in [-0.25, -0.2) is 13.9 Å². The number of aromatic nitrogens is 3. The zero-order valence-electron chi connectivity index (χ0n) is 20.8. The minimum Gasteiger partial charge on any atom is -0.369 e. The van der Waals surface area contributed by atoms with Crippen molar-refractivity contribution in [2.75, 3.05) is 31.5 Å². The highest BCUT2D eigenvalue weighted by molar-refractivity contribution is 5.78. The summed E-state index contributed by atoms with van der Waals surface area (Å²) in [6.45, 7) is 12.7. The summed E-state index contributed by atoms with van der Waals surface area (Å²) in [6, 6.07) is 7.20. The van der Waals surface area contributed by atoms with E-state index in [0.29, 0.717) is 11.2 Å². The van der Waals surface area contributed by atoms with Gasteiger partial charge in [-0.15, -0.1) is 0 Å². The topological polar surface area (TPSA) is 45.5 Å². The molecule has 0 spiro atoms. The summed E-state index contributed by atoms with van der Waals surface area (Å²) in [5.41, 5.74) is 3.06. The number of rotatable bonds is 6. The van der Waals surface area contributed by atoms with Crippen molar-refractivity contribution < 1.29 is 4.39 Å². The van der Waals surface area contributed by atoms with Gasteiger partial charge in [-0.2, -0.15) is 5.10 Å². The fourth-order valence-corrected chi connectivity index (χ4v) is 4.51. The van der Waals surface area contributed by atoms with Gasteiger partial charge in [0.1, 0.15) is 11.6 Å². The van der Waals surface area contributed by atoms with E-state index in [9.17, 15) is 4.39 Å². The van der Waals surface area contributed by atoms with Gasteiger partial charge < -0.3 is 10.2 Å². The number of nitrogens with zero attached hydrogens (tertiary/aromatic N) is 4. The van der Waals surface area contributed by atoms with E-state index in [2.05, 4.69) is 29.2 Å². The van der Waals surface area contributed by atoms with Gasteiger partial charge in [0.25, 0.3) is 0 Å². The normalized spacial score (nSPS) is 17.5. The summed E-state index contributed by atoms with van der Waals surface area (Å²) in [5, 5.41) is 7.84. The van der Waals surface area contributed by atoms with Crippen LogP contribution in [0, 0.1) is 11.7 Å². The molecule has 180 valence electrons. The average Bonchev–Trinajstić information content (AvgIpc) is 3.29. The summed E-state index contributed by atoms with van der Waals surface area (Å²) in [4.78, 5) is 7.34. The molecule has 3 aromatic rings. The van der Waals surface area contributed by atoms with Crippen molar-refractivity contribution in [3.63, 3.8) is 0 Å². The Morgan fingerprint density at radius 2 is 1.91 bits per heavy atom. The molecule has 1 fully saturated rings. The van der Waals surface area contributed by atoms with E-state index in [0.717, 1.165) is 42.4 Å². The molecule has 1 saturated heterocycles. The van der Waals surface area contributed by atoms with Crippen LogP contribution >= 0.6 is 0 Å². The fourth-order valence-electron chi connectivity index (χ4n) is 4.51. The number of halogens is 1. The largest absolute Gasteiger partial charge is 0.369 e. The smallest absolute Gasteiger partial charge is 0.165 e. The molecule has 4 rings (SSSR count). The Kier molecular flexibility index (Phi) is 9.67. The molecule has 6 heteroatoms. The first-order valence-corrected chi connectivity index (χ1v) is 12.7. The van der Waals surface area contributed by atoms with Crippen LogP contribution in [0.5, 0.6) is 0 Å². The van der Waals surface area contributed by atoms with Crippen molar-refractivity contribution in [1.29, 1.82) is 0 Å². The van der Waals surface area contributed by atoms with Gasteiger partial charge >= 0.3 is 0 Å². The van der Waals surface area contributed by atoms with Crippen molar-refractivity contribution in [2.24, 2.45) is 5.92 Å². The third-order valence-electron chi connectivity index (χ3n) is 6.32. The molecule has 1 N–H and O–H groups in total. The first-order valence-electron chi connectivity index (χ1n) is 12.7. The highest BCUT2D eigenvalue weighted by Gasteiger charge is 2.15.